The number of aryl methyl sites for hydroxylation is 1. The zero-order chi connectivity index (χ0) is 22.8. The highest BCUT2D eigenvalue weighted by molar-refractivity contribution is 6.01. The first-order valence-electron chi connectivity index (χ1n) is 10.9. The van der Waals surface area contributed by atoms with Gasteiger partial charge in [0.05, 0.1) is 5.41 Å². The SMILES string of the molecule is C=C(NC)Oc1cc(C)c(CCNC(=O)C23CC4(C(C)=O)CC42C3)c(/C(C)=C\N)c1C. The van der Waals surface area contributed by atoms with Crippen LogP contribution in [0.3, 0.4) is 0 Å². The minimum atomic E-state index is -0.273. The number of amides is 1. The molecule has 4 rings (SSSR count). The number of hydrogen-bond acceptors (Lipinski definition) is 5. The van der Waals surface area contributed by atoms with E-state index in [0.717, 1.165) is 52.8 Å². The summed E-state index contributed by atoms with van der Waals surface area (Å²) in [4.78, 5) is 24.9. The van der Waals surface area contributed by atoms with Gasteiger partial charge in [-0.3, -0.25) is 9.59 Å². The number of carbonyl (C=O) groups excluding carboxylic acids is 2. The first kappa shape index (κ1) is 21.5. The first-order valence-corrected chi connectivity index (χ1v) is 10.9. The molecule has 0 aromatic heterocycles. The monoisotopic (exact) mass is 423 g/mol. The molecule has 3 saturated carbocycles. The van der Waals surface area contributed by atoms with Crippen LogP contribution < -0.4 is 21.1 Å². The summed E-state index contributed by atoms with van der Waals surface area (Å²) in [6, 6.07) is 2.01. The summed E-state index contributed by atoms with van der Waals surface area (Å²) in [6.45, 7) is 12.1. The van der Waals surface area contributed by atoms with Crippen molar-refractivity contribution in [2.24, 2.45) is 22.0 Å². The second-order valence-corrected chi connectivity index (χ2v) is 9.63. The Morgan fingerprint density at radius 2 is 1.90 bits per heavy atom. The number of benzene rings is 1. The van der Waals surface area contributed by atoms with Crippen LogP contribution in [0.25, 0.3) is 5.57 Å². The van der Waals surface area contributed by atoms with Crippen LogP contribution >= 0.6 is 0 Å². The van der Waals surface area contributed by atoms with Crippen molar-refractivity contribution < 1.29 is 14.3 Å². The Balaban J connectivity index is 1.48. The van der Waals surface area contributed by atoms with Crippen molar-refractivity contribution in [3.8, 4) is 5.75 Å². The maximum atomic E-state index is 12.9. The Hall–Kier alpha value is -2.76. The van der Waals surface area contributed by atoms with Crippen LogP contribution in [0.4, 0.5) is 0 Å². The third-order valence-electron chi connectivity index (χ3n) is 8.19. The van der Waals surface area contributed by atoms with E-state index in [2.05, 4.69) is 17.2 Å². The van der Waals surface area contributed by atoms with E-state index in [9.17, 15) is 9.59 Å². The van der Waals surface area contributed by atoms with E-state index < -0.39 is 0 Å². The number of nitrogens with two attached hydrogens (primary N) is 1. The van der Waals surface area contributed by atoms with Crippen molar-refractivity contribution >= 4 is 17.3 Å². The zero-order valence-electron chi connectivity index (χ0n) is 19.2. The third-order valence-corrected chi connectivity index (χ3v) is 8.19. The van der Waals surface area contributed by atoms with Crippen LogP contribution in [0.15, 0.2) is 24.7 Å². The number of allylic oxidation sites excluding steroid dienone is 1. The van der Waals surface area contributed by atoms with E-state index in [1.54, 1.807) is 20.2 Å². The quantitative estimate of drug-likeness (QED) is 0.531. The molecule has 0 saturated heterocycles. The summed E-state index contributed by atoms with van der Waals surface area (Å²) in [7, 11) is 1.77. The van der Waals surface area contributed by atoms with Crippen LogP contribution in [0.1, 0.15) is 55.4 Å². The van der Waals surface area contributed by atoms with Crippen LogP contribution in [-0.4, -0.2) is 25.3 Å². The Morgan fingerprint density at radius 3 is 2.45 bits per heavy atom. The summed E-state index contributed by atoms with van der Waals surface area (Å²) >= 11 is 0. The van der Waals surface area contributed by atoms with E-state index in [4.69, 9.17) is 10.5 Å². The molecule has 0 radical (unpaired) electrons. The van der Waals surface area contributed by atoms with Crippen LogP contribution in [0.5, 0.6) is 5.75 Å². The summed E-state index contributed by atoms with van der Waals surface area (Å²) in [5.41, 5.74) is 10.7. The fourth-order valence-electron chi connectivity index (χ4n) is 6.27. The lowest BCUT2D eigenvalue weighted by Gasteiger charge is -2.31. The molecule has 3 fully saturated rings. The maximum Gasteiger partial charge on any atom is 0.226 e. The van der Waals surface area contributed by atoms with Gasteiger partial charge < -0.3 is 21.1 Å². The summed E-state index contributed by atoms with van der Waals surface area (Å²) in [5, 5.41) is 6.06. The number of rotatable bonds is 9. The standard InChI is InChI=1S/C25H33N3O3/c1-14-9-20(31-18(5)27-6)16(3)21(15(2)10-26)19(14)7-8-28-22(30)24-11-23(17(4)29)12-25(23,24)13-24/h9-10,27H,5,7-8,11-13,26H2,1-4,6H3,(H,28,30)/b15-10-. The molecular formula is C25H33N3O3. The first-order chi connectivity index (χ1) is 14.6. The lowest BCUT2D eigenvalue weighted by molar-refractivity contribution is -0.135. The summed E-state index contributed by atoms with van der Waals surface area (Å²) < 4.78 is 5.85. The molecule has 6 heteroatoms. The topological polar surface area (TPSA) is 93.5 Å². The number of carbonyl (C=O) groups is 2. The Kier molecular flexibility index (Phi) is 4.76. The number of Topliss-reactive ketones (excluding diaryl/α,β-unsaturated/α-hetero) is 1. The van der Waals surface area contributed by atoms with Crippen LogP contribution in [0.2, 0.25) is 0 Å². The molecule has 0 bridgehead atoms. The molecule has 1 aromatic rings. The molecule has 3 atom stereocenters. The van der Waals surface area contributed by atoms with Gasteiger partial charge in [-0.25, -0.2) is 0 Å². The third kappa shape index (κ3) is 2.76. The second kappa shape index (κ2) is 6.87. The normalized spacial score (nSPS) is 29.8. The molecule has 3 aliphatic carbocycles. The van der Waals surface area contributed by atoms with Gasteiger partial charge in [0.1, 0.15) is 11.5 Å². The number of ether oxygens (including phenoxy) is 1. The molecule has 1 aromatic carbocycles. The van der Waals surface area contributed by atoms with Crippen molar-refractivity contribution in [2.45, 2.75) is 53.4 Å². The smallest absolute Gasteiger partial charge is 0.226 e. The van der Waals surface area contributed by atoms with E-state index in [1.807, 2.05) is 26.8 Å². The van der Waals surface area contributed by atoms with E-state index in [1.165, 1.54) is 0 Å². The molecule has 0 heterocycles. The Labute approximate surface area is 184 Å². The van der Waals surface area contributed by atoms with Gasteiger partial charge in [0.2, 0.25) is 5.91 Å². The van der Waals surface area contributed by atoms with E-state index in [0.29, 0.717) is 18.8 Å². The fourth-order valence-corrected chi connectivity index (χ4v) is 6.27. The predicted octanol–water partition coefficient (Wildman–Crippen LogP) is 3.11. The molecule has 166 valence electrons. The summed E-state index contributed by atoms with van der Waals surface area (Å²) in [5.74, 6) is 1.59. The van der Waals surface area contributed by atoms with Crippen LogP contribution in [-0.2, 0) is 16.0 Å². The van der Waals surface area contributed by atoms with Gasteiger partial charge in [-0.2, -0.15) is 0 Å². The lowest BCUT2D eigenvalue weighted by Crippen LogP contribution is -2.43. The average molecular weight is 424 g/mol. The zero-order valence-corrected chi connectivity index (χ0v) is 19.2. The second-order valence-electron chi connectivity index (χ2n) is 9.63. The molecule has 4 N–H and O–H groups in total. The largest absolute Gasteiger partial charge is 0.442 e. The van der Waals surface area contributed by atoms with E-state index in [-0.39, 0.29) is 27.9 Å². The van der Waals surface area contributed by atoms with Gasteiger partial charge >= 0.3 is 0 Å². The number of nitrogens with one attached hydrogen (secondary N) is 2. The minimum absolute atomic E-state index is 0.00114. The Bertz CT molecular complexity index is 1040. The molecule has 1 spiro atoms. The maximum absolute atomic E-state index is 12.9. The van der Waals surface area contributed by atoms with Crippen molar-refractivity contribution in [1.29, 1.82) is 0 Å². The number of hydrogen-bond donors (Lipinski definition) is 3. The average Bonchev–Trinajstić information content (AvgIpc) is 3.51. The molecule has 6 nitrogen and oxygen atoms in total. The lowest BCUT2D eigenvalue weighted by atomic mass is 9.72. The number of ketones is 1. The molecule has 1 amide bonds. The predicted molar refractivity (Wildman–Crippen MR) is 121 cm³/mol. The Morgan fingerprint density at radius 1 is 1.23 bits per heavy atom. The van der Waals surface area contributed by atoms with Gasteiger partial charge in [0.15, 0.2) is 5.88 Å². The van der Waals surface area contributed by atoms with Crippen molar-refractivity contribution in [2.75, 3.05) is 13.6 Å². The van der Waals surface area contributed by atoms with Gasteiger partial charge in [0, 0.05) is 19.0 Å². The van der Waals surface area contributed by atoms with Gasteiger partial charge in [-0.05, 0) is 105 Å². The summed E-state index contributed by atoms with van der Waals surface area (Å²) in [6.07, 6.45) is 4.83. The molecule has 3 aliphatic rings. The fraction of sp³-hybridized carbons (Fsp3) is 0.520. The van der Waals surface area contributed by atoms with Crippen molar-refractivity contribution in [1.82, 2.24) is 10.6 Å². The molecule has 31 heavy (non-hydrogen) atoms. The van der Waals surface area contributed by atoms with Gasteiger partial charge in [-0.15, -0.1) is 0 Å². The molecular weight excluding hydrogens is 390 g/mol. The van der Waals surface area contributed by atoms with Crippen molar-refractivity contribution in [3.63, 3.8) is 0 Å². The van der Waals surface area contributed by atoms with Crippen LogP contribution in [0, 0.1) is 30.1 Å². The molecule has 0 aliphatic heterocycles. The van der Waals surface area contributed by atoms with Crippen molar-refractivity contribution in [3.05, 3.63) is 47.0 Å². The highest BCUT2D eigenvalue weighted by Crippen LogP contribution is 3.00. The van der Waals surface area contributed by atoms with Gasteiger partial charge in [0.25, 0.3) is 0 Å². The minimum Gasteiger partial charge on any atom is -0.442 e. The van der Waals surface area contributed by atoms with E-state index >= 15 is 0 Å². The highest BCUT2D eigenvalue weighted by Gasteiger charge is 3.00. The highest BCUT2D eigenvalue weighted by atomic mass is 16.5. The van der Waals surface area contributed by atoms with Gasteiger partial charge in [-0.1, -0.05) is 0 Å². The molecule has 3 unspecified atom stereocenters.